The van der Waals surface area contributed by atoms with E-state index in [1.807, 2.05) is 0 Å². The lowest BCUT2D eigenvalue weighted by molar-refractivity contribution is -0.147. The number of esters is 1. The van der Waals surface area contributed by atoms with Crippen LogP contribution in [-0.4, -0.2) is 43.7 Å². The summed E-state index contributed by atoms with van der Waals surface area (Å²) in [5, 5.41) is 11.6. The molecule has 0 radical (unpaired) electrons. The Morgan fingerprint density at radius 2 is 1.73 bits per heavy atom. The number of hydrogen-bond acceptors (Lipinski definition) is 5. The van der Waals surface area contributed by atoms with Gasteiger partial charge in [0.15, 0.2) is 9.84 Å². The van der Waals surface area contributed by atoms with Crippen LogP contribution in [0.25, 0.3) is 0 Å². The van der Waals surface area contributed by atoms with Gasteiger partial charge in [0.1, 0.15) is 0 Å². The molecular formula is C24H42O5S. The second-order valence-corrected chi connectivity index (χ2v) is 12.5. The molecule has 0 aromatic rings. The zero-order valence-electron chi connectivity index (χ0n) is 19.1. The fraction of sp³-hybridized carbons (Fsp3) is 0.958. The molecule has 3 rings (SSSR count). The number of fused-ring (bicyclic) bond motifs is 1. The molecule has 1 saturated heterocycles. The second kappa shape index (κ2) is 9.89. The average Bonchev–Trinajstić information content (AvgIpc) is 2.83. The zero-order chi connectivity index (χ0) is 21.9. The van der Waals surface area contributed by atoms with Gasteiger partial charge in [-0.25, -0.2) is 8.42 Å². The molecule has 0 bridgehead atoms. The summed E-state index contributed by atoms with van der Waals surface area (Å²) in [6.45, 7) is 4.20. The number of ether oxygens (including phenoxy) is 1. The van der Waals surface area contributed by atoms with E-state index in [1.54, 1.807) is 0 Å². The summed E-state index contributed by atoms with van der Waals surface area (Å²) in [6, 6.07) is 0. The Hall–Kier alpha value is -0.620. The first-order chi connectivity index (χ1) is 14.3. The molecule has 1 aliphatic heterocycles. The van der Waals surface area contributed by atoms with Gasteiger partial charge in [-0.1, -0.05) is 39.5 Å². The van der Waals surface area contributed by atoms with Crippen LogP contribution < -0.4 is 0 Å². The molecule has 0 aromatic heterocycles. The zero-order valence-corrected chi connectivity index (χ0v) is 20.0. The minimum atomic E-state index is -3.24. The third-order valence-electron chi connectivity index (χ3n) is 8.77. The number of rotatable bonds is 6. The van der Waals surface area contributed by atoms with Gasteiger partial charge in [-0.2, -0.15) is 0 Å². The molecule has 0 spiro atoms. The van der Waals surface area contributed by atoms with Crippen LogP contribution in [0.4, 0.5) is 0 Å². The highest BCUT2D eigenvalue weighted by Crippen LogP contribution is 2.53. The van der Waals surface area contributed by atoms with Crippen molar-refractivity contribution in [3.8, 4) is 0 Å². The van der Waals surface area contributed by atoms with Crippen LogP contribution >= 0.6 is 0 Å². The lowest BCUT2D eigenvalue weighted by atomic mass is 9.60. The van der Waals surface area contributed by atoms with Crippen LogP contribution in [0.5, 0.6) is 0 Å². The minimum Gasteiger partial charge on any atom is -0.469 e. The van der Waals surface area contributed by atoms with E-state index in [4.69, 9.17) is 4.74 Å². The summed E-state index contributed by atoms with van der Waals surface area (Å²) < 4.78 is 32.1. The second-order valence-electron chi connectivity index (χ2n) is 10.3. The number of aliphatic hydroxyl groups excluding tert-OH is 1. The molecule has 0 amide bonds. The summed E-state index contributed by atoms with van der Waals surface area (Å²) in [5.74, 6) is 0.367. The molecule has 2 saturated carbocycles. The standard InChI is InChI=1S/C24H42O5S/c1-4-6-15-24(5-2)16-30(27,28)20-10-8-7-9-19(20)21(22(24)25)17-11-13-18(14-12-17)23(26)29-3/h17-22,25H,4-16H2,1-3H3/t17?,18?,19?,20?,21-,22-,24-/m1/s1. The number of carbonyl (C=O) groups is 1. The third kappa shape index (κ3) is 4.60. The molecule has 174 valence electrons. The molecular weight excluding hydrogens is 400 g/mol. The minimum absolute atomic E-state index is 0.0305. The van der Waals surface area contributed by atoms with E-state index in [0.29, 0.717) is 12.3 Å². The number of methoxy groups -OCH3 is 1. The van der Waals surface area contributed by atoms with Crippen molar-refractivity contribution in [3.05, 3.63) is 0 Å². The highest BCUT2D eigenvalue weighted by atomic mass is 32.2. The Kier molecular flexibility index (Phi) is 7.92. The average molecular weight is 443 g/mol. The maximum atomic E-state index is 13.6. The molecule has 6 heteroatoms. The predicted octanol–water partition coefficient (Wildman–Crippen LogP) is 4.52. The predicted molar refractivity (Wildman–Crippen MR) is 119 cm³/mol. The quantitative estimate of drug-likeness (QED) is 0.612. The van der Waals surface area contributed by atoms with E-state index in [0.717, 1.165) is 70.6 Å². The Labute approximate surface area is 183 Å². The summed E-state index contributed by atoms with van der Waals surface area (Å²) in [7, 11) is -1.79. The van der Waals surface area contributed by atoms with Crippen molar-refractivity contribution in [2.24, 2.45) is 29.1 Å². The van der Waals surface area contributed by atoms with Gasteiger partial charge in [0.05, 0.1) is 30.1 Å². The lowest BCUT2D eigenvalue weighted by Crippen LogP contribution is -2.47. The van der Waals surface area contributed by atoms with Crippen LogP contribution in [-0.2, 0) is 19.4 Å². The SMILES string of the molecule is CCCC[C@]1(CC)CS(=O)(=O)C2CCCCC2[C@@H](C2CCC(C(=O)OC)CC2)[C@H]1O. The first kappa shape index (κ1) is 24.0. The molecule has 1 N–H and O–H groups in total. The first-order valence-electron chi connectivity index (χ1n) is 12.3. The maximum absolute atomic E-state index is 13.6. The highest BCUT2D eigenvalue weighted by molar-refractivity contribution is 7.92. The van der Waals surface area contributed by atoms with Gasteiger partial charge in [-0.3, -0.25) is 4.79 Å². The monoisotopic (exact) mass is 442 g/mol. The molecule has 3 fully saturated rings. The Bertz CT molecular complexity index is 682. The van der Waals surface area contributed by atoms with Crippen molar-refractivity contribution in [3.63, 3.8) is 0 Å². The Morgan fingerprint density at radius 1 is 1.07 bits per heavy atom. The first-order valence-corrected chi connectivity index (χ1v) is 14.0. The van der Waals surface area contributed by atoms with Crippen molar-refractivity contribution in [1.29, 1.82) is 0 Å². The van der Waals surface area contributed by atoms with Crippen molar-refractivity contribution in [2.45, 2.75) is 102 Å². The number of sulfone groups is 1. The summed E-state index contributed by atoms with van der Waals surface area (Å²) >= 11 is 0. The Balaban J connectivity index is 1.94. The molecule has 5 nitrogen and oxygen atoms in total. The molecule has 1 heterocycles. The van der Waals surface area contributed by atoms with Crippen molar-refractivity contribution in [2.75, 3.05) is 12.9 Å². The molecule has 5 atom stereocenters. The van der Waals surface area contributed by atoms with Crippen LogP contribution in [0.1, 0.15) is 90.9 Å². The van der Waals surface area contributed by atoms with Crippen LogP contribution in [0.15, 0.2) is 0 Å². The summed E-state index contributed by atoms with van der Waals surface area (Å²) in [6.07, 6.45) is 9.95. The van der Waals surface area contributed by atoms with Crippen molar-refractivity contribution in [1.82, 2.24) is 0 Å². The number of hydrogen-bond donors (Lipinski definition) is 1. The van der Waals surface area contributed by atoms with E-state index in [2.05, 4.69) is 13.8 Å². The maximum Gasteiger partial charge on any atom is 0.308 e. The molecule has 2 aliphatic carbocycles. The Morgan fingerprint density at radius 3 is 2.33 bits per heavy atom. The van der Waals surface area contributed by atoms with E-state index < -0.39 is 21.4 Å². The van der Waals surface area contributed by atoms with E-state index in [-0.39, 0.29) is 34.7 Å². The fourth-order valence-corrected chi connectivity index (χ4v) is 9.91. The van der Waals surface area contributed by atoms with Crippen LogP contribution in [0, 0.1) is 29.1 Å². The number of aliphatic hydroxyl groups is 1. The molecule has 3 aliphatic rings. The molecule has 30 heavy (non-hydrogen) atoms. The van der Waals surface area contributed by atoms with Crippen LogP contribution in [0.2, 0.25) is 0 Å². The van der Waals surface area contributed by atoms with Crippen molar-refractivity contribution >= 4 is 15.8 Å². The normalized spacial score (nSPS) is 41.5. The van der Waals surface area contributed by atoms with Crippen LogP contribution in [0.3, 0.4) is 0 Å². The summed E-state index contributed by atoms with van der Waals surface area (Å²) in [4.78, 5) is 12.0. The van der Waals surface area contributed by atoms with E-state index in [1.165, 1.54) is 7.11 Å². The number of unbranched alkanes of at least 4 members (excludes halogenated alkanes) is 1. The molecule has 2 unspecified atom stereocenters. The highest BCUT2D eigenvalue weighted by Gasteiger charge is 2.56. The smallest absolute Gasteiger partial charge is 0.308 e. The van der Waals surface area contributed by atoms with Gasteiger partial charge in [0.2, 0.25) is 0 Å². The van der Waals surface area contributed by atoms with Gasteiger partial charge in [0.25, 0.3) is 0 Å². The van der Waals surface area contributed by atoms with Gasteiger partial charge in [-0.15, -0.1) is 0 Å². The van der Waals surface area contributed by atoms with Crippen molar-refractivity contribution < 1.29 is 23.1 Å². The van der Waals surface area contributed by atoms with Gasteiger partial charge < -0.3 is 9.84 Å². The van der Waals surface area contributed by atoms with Gasteiger partial charge in [-0.05, 0) is 69.1 Å². The van der Waals surface area contributed by atoms with Gasteiger partial charge >= 0.3 is 5.97 Å². The summed E-state index contributed by atoms with van der Waals surface area (Å²) in [5.41, 5.74) is -0.532. The topological polar surface area (TPSA) is 80.7 Å². The van der Waals surface area contributed by atoms with E-state index >= 15 is 0 Å². The fourth-order valence-electron chi connectivity index (χ4n) is 7.00. The van der Waals surface area contributed by atoms with E-state index in [9.17, 15) is 18.3 Å². The third-order valence-corrected chi connectivity index (χ3v) is 11.3. The number of carbonyl (C=O) groups excluding carboxylic acids is 1. The molecule has 0 aromatic carbocycles. The lowest BCUT2D eigenvalue weighted by Gasteiger charge is -2.46. The largest absolute Gasteiger partial charge is 0.469 e. The van der Waals surface area contributed by atoms with Gasteiger partial charge in [0, 0.05) is 5.41 Å².